The number of aryl methyl sites for hydroxylation is 1. The second-order valence-corrected chi connectivity index (χ2v) is 8.83. The largest absolute Gasteiger partial charge is 0.351 e. The van der Waals surface area contributed by atoms with Gasteiger partial charge in [0.1, 0.15) is 0 Å². The number of nitrogens with zero attached hydrogens (tertiary/aromatic N) is 2. The third-order valence-corrected chi connectivity index (χ3v) is 6.92. The Morgan fingerprint density at radius 1 is 0.812 bits per heavy atom. The molecule has 1 amide bonds. The number of rotatable bonds is 6. The molecule has 0 aromatic heterocycles. The quantitative estimate of drug-likeness (QED) is 0.636. The van der Waals surface area contributed by atoms with Crippen molar-refractivity contribution in [1.29, 1.82) is 0 Å². The molecule has 1 aliphatic carbocycles. The fourth-order valence-electron chi connectivity index (χ4n) is 5.09. The van der Waals surface area contributed by atoms with Gasteiger partial charge in [-0.05, 0) is 47.2 Å². The maximum Gasteiger partial charge on any atom is 0.251 e. The van der Waals surface area contributed by atoms with Crippen molar-refractivity contribution >= 4 is 5.91 Å². The second-order valence-electron chi connectivity index (χ2n) is 8.83. The molecule has 1 aliphatic heterocycles. The molecule has 3 aromatic carbocycles. The molecule has 1 unspecified atom stereocenters. The van der Waals surface area contributed by atoms with Gasteiger partial charge in [-0.15, -0.1) is 0 Å². The first-order chi connectivity index (χ1) is 15.8. The summed E-state index contributed by atoms with van der Waals surface area (Å²) in [6.45, 7) is 5.94. The predicted octanol–water partition coefficient (Wildman–Crippen LogP) is 4.39. The molecule has 0 radical (unpaired) electrons. The van der Waals surface area contributed by atoms with Crippen LogP contribution in [0.3, 0.4) is 0 Å². The molecule has 0 saturated carbocycles. The molecule has 164 valence electrons. The van der Waals surface area contributed by atoms with Gasteiger partial charge in [0.15, 0.2) is 0 Å². The molecule has 3 aromatic rings. The van der Waals surface area contributed by atoms with Gasteiger partial charge in [0.2, 0.25) is 0 Å². The number of piperazine rings is 1. The lowest BCUT2D eigenvalue weighted by atomic mass is 10.0. The Morgan fingerprint density at radius 2 is 1.50 bits per heavy atom. The van der Waals surface area contributed by atoms with Crippen LogP contribution in [0.25, 0.3) is 11.1 Å². The first-order valence-corrected chi connectivity index (χ1v) is 11.8. The first-order valence-electron chi connectivity index (χ1n) is 11.8. The van der Waals surface area contributed by atoms with E-state index in [2.05, 4.69) is 51.5 Å². The number of hydrogen-bond acceptors (Lipinski definition) is 3. The molecule has 1 atom stereocenters. The molecule has 1 N–H and O–H groups in total. The van der Waals surface area contributed by atoms with E-state index in [0.29, 0.717) is 12.6 Å². The van der Waals surface area contributed by atoms with Gasteiger partial charge >= 0.3 is 0 Å². The highest BCUT2D eigenvalue weighted by atomic mass is 16.1. The maximum atomic E-state index is 12.5. The van der Waals surface area contributed by atoms with Gasteiger partial charge in [-0.1, -0.05) is 66.7 Å². The van der Waals surface area contributed by atoms with Crippen LogP contribution < -0.4 is 5.32 Å². The molecule has 32 heavy (non-hydrogen) atoms. The minimum Gasteiger partial charge on any atom is -0.351 e. The zero-order valence-corrected chi connectivity index (χ0v) is 18.5. The summed E-state index contributed by atoms with van der Waals surface area (Å²) in [6.07, 6.45) is 2.46. The summed E-state index contributed by atoms with van der Waals surface area (Å²) < 4.78 is 0. The minimum absolute atomic E-state index is 0.00538. The van der Waals surface area contributed by atoms with Crippen molar-refractivity contribution in [3.63, 3.8) is 0 Å². The van der Waals surface area contributed by atoms with E-state index in [1.165, 1.54) is 29.5 Å². The summed E-state index contributed by atoms with van der Waals surface area (Å²) >= 11 is 0. The highest BCUT2D eigenvalue weighted by molar-refractivity contribution is 5.94. The zero-order valence-electron chi connectivity index (χ0n) is 18.5. The summed E-state index contributed by atoms with van der Waals surface area (Å²) in [5.74, 6) is 0.00538. The summed E-state index contributed by atoms with van der Waals surface area (Å²) in [4.78, 5) is 17.7. The Bertz CT molecular complexity index is 1040. The van der Waals surface area contributed by atoms with E-state index in [4.69, 9.17) is 0 Å². The van der Waals surface area contributed by atoms with E-state index in [1.807, 2.05) is 42.5 Å². The van der Waals surface area contributed by atoms with Crippen molar-refractivity contribution in [1.82, 2.24) is 15.1 Å². The molecule has 4 nitrogen and oxygen atoms in total. The van der Waals surface area contributed by atoms with Gasteiger partial charge < -0.3 is 5.32 Å². The van der Waals surface area contributed by atoms with Crippen LogP contribution in [0.1, 0.15) is 33.9 Å². The molecule has 0 spiro atoms. The molecule has 4 heteroatoms. The van der Waals surface area contributed by atoms with Crippen LogP contribution in [0.4, 0.5) is 0 Å². The molecule has 0 bridgehead atoms. The number of hydrogen-bond donors (Lipinski definition) is 1. The SMILES string of the molecule is O=C(NCCN1CCN(C2CCc3ccccc32)CC1)c1ccc(-c2ccccc2)cc1. The Labute approximate surface area is 190 Å². The van der Waals surface area contributed by atoms with Gasteiger partial charge in [0.25, 0.3) is 5.91 Å². The average Bonchev–Trinajstić information content (AvgIpc) is 3.29. The molecular formula is C28H31N3O. The second kappa shape index (κ2) is 9.68. The van der Waals surface area contributed by atoms with Gasteiger partial charge in [-0.3, -0.25) is 14.6 Å². The van der Waals surface area contributed by atoms with Crippen molar-refractivity contribution in [3.8, 4) is 11.1 Å². The van der Waals surface area contributed by atoms with Crippen LogP contribution in [0.2, 0.25) is 0 Å². The van der Waals surface area contributed by atoms with Crippen LogP contribution in [-0.4, -0.2) is 55.0 Å². The Hall–Kier alpha value is -2.95. The molecule has 1 heterocycles. The lowest BCUT2D eigenvalue weighted by molar-refractivity contribution is 0.0889. The van der Waals surface area contributed by atoms with Crippen molar-refractivity contribution in [2.75, 3.05) is 39.3 Å². The highest BCUT2D eigenvalue weighted by Crippen LogP contribution is 2.35. The summed E-state index contributed by atoms with van der Waals surface area (Å²) in [6, 6.07) is 27.6. The molecule has 1 saturated heterocycles. The van der Waals surface area contributed by atoms with Crippen molar-refractivity contribution in [2.24, 2.45) is 0 Å². The van der Waals surface area contributed by atoms with Crippen LogP contribution in [0.5, 0.6) is 0 Å². The predicted molar refractivity (Wildman–Crippen MR) is 130 cm³/mol. The zero-order chi connectivity index (χ0) is 21.8. The Balaban J connectivity index is 1.06. The fourth-order valence-corrected chi connectivity index (χ4v) is 5.09. The van der Waals surface area contributed by atoms with Crippen LogP contribution >= 0.6 is 0 Å². The number of fused-ring (bicyclic) bond motifs is 1. The average molecular weight is 426 g/mol. The van der Waals surface area contributed by atoms with E-state index < -0.39 is 0 Å². The van der Waals surface area contributed by atoms with Crippen LogP contribution in [0, 0.1) is 0 Å². The van der Waals surface area contributed by atoms with Gasteiger partial charge in [-0.25, -0.2) is 0 Å². The topological polar surface area (TPSA) is 35.6 Å². The minimum atomic E-state index is 0.00538. The van der Waals surface area contributed by atoms with Gasteiger partial charge in [0, 0.05) is 50.9 Å². The third-order valence-electron chi connectivity index (χ3n) is 6.92. The van der Waals surface area contributed by atoms with Crippen molar-refractivity contribution in [2.45, 2.75) is 18.9 Å². The van der Waals surface area contributed by atoms with Crippen molar-refractivity contribution in [3.05, 3.63) is 95.6 Å². The fraction of sp³-hybridized carbons (Fsp3) is 0.321. The third kappa shape index (κ3) is 4.62. The summed E-state index contributed by atoms with van der Waals surface area (Å²) in [7, 11) is 0. The lowest BCUT2D eigenvalue weighted by Crippen LogP contribution is -2.49. The molecular weight excluding hydrogens is 394 g/mol. The lowest BCUT2D eigenvalue weighted by Gasteiger charge is -2.38. The number of carbonyl (C=O) groups is 1. The van der Waals surface area contributed by atoms with Crippen molar-refractivity contribution < 1.29 is 4.79 Å². The molecule has 1 fully saturated rings. The van der Waals surface area contributed by atoms with Gasteiger partial charge in [0.05, 0.1) is 0 Å². The van der Waals surface area contributed by atoms with E-state index in [-0.39, 0.29) is 5.91 Å². The number of carbonyl (C=O) groups excluding carboxylic acids is 1. The Morgan fingerprint density at radius 3 is 2.28 bits per heavy atom. The van der Waals surface area contributed by atoms with Crippen LogP contribution in [-0.2, 0) is 6.42 Å². The molecule has 5 rings (SSSR count). The van der Waals surface area contributed by atoms with Gasteiger partial charge in [-0.2, -0.15) is 0 Å². The standard InChI is InChI=1S/C28H31N3O/c32-28(25-12-10-23(11-13-25)22-6-2-1-3-7-22)29-16-17-30-18-20-31(21-19-30)27-15-14-24-8-4-5-9-26(24)27/h1-13,27H,14-21H2,(H,29,32). The normalized spacial score (nSPS) is 18.9. The van der Waals surface area contributed by atoms with Crippen LogP contribution in [0.15, 0.2) is 78.9 Å². The number of nitrogens with one attached hydrogen (secondary N) is 1. The Kier molecular flexibility index (Phi) is 6.33. The summed E-state index contributed by atoms with van der Waals surface area (Å²) in [5, 5.41) is 3.09. The van der Waals surface area contributed by atoms with E-state index in [9.17, 15) is 4.79 Å². The number of amides is 1. The molecule has 2 aliphatic rings. The number of benzene rings is 3. The first kappa shape index (κ1) is 20.9. The smallest absolute Gasteiger partial charge is 0.251 e. The highest BCUT2D eigenvalue weighted by Gasteiger charge is 2.29. The maximum absolute atomic E-state index is 12.5. The monoisotopic (exact) mass is 425 g/mol. The van der Waals surface area contributed by atoms with E-state index in [1.54, 1.807) is 0 Å². The van der Waals surface area contributed by atoms with E-state index >= 15 is 0 Å². The van der Waals surface area contributed by atoms with E-state index in [0.717, 1.165) is 43.9 Å². The summed E-state index contributed by atoms with van der Waals surface area (Å²) in [5.41, 5.74) is 6.07.